The van der Waals surface area contributed by atoms with Gasteiger partial charge in [0.25, 0.3) is 0 Å². The molecule has 0 fully saturated rings. The average Bonchev–Trinajstić information content (AvgIpc) is 1.30. The van der Waals surface area contributed by atoms with Crippen LogP contribution in [0.25, 0.3) is 0 Å². The first-order chi connectivity index (χ1) is 3.06. The summed E-state index contributed by atoms with van der Waals surface area (Å²) in [5.41, 5.74) is 0. The van der Waals surface area contributed by atoms with Crippen LogP contribution in [0.2, 0.25) is 0 Å². The highest BCUT2D eigenvalue weighted by molar-refractivity contribution is 7.78. The Kier molecular flexibility index (Phi) is 2.37. The monoisotopic (exact) mass is 122 g/mol. The lowest BCUT2D eigenvalue weighted by molar-refractivity contribution is 0.478. The summed E-state index contributed by atoms with van der Waals surface area (Å²) in [4.78, 5) is 20.5. The van der Waals surface area contributed by atoms with Gasteiger partial charge in [0, 0.05) is 7.05 Å². The van der Waals surface area contributed by atoms with Gasteiger partial charge in [-0.1, -0.05) is 0 Å². The first-order valence-corrected chi connectivity index (χ1v) is 4.02. The molecular formula is C3H9NO2P+. The van der Waals surface area contributed by atoms with Crippen LogP contribution in [-0.2, 0) is 0 Å². The van der Waals surface area contributed by atoms with Gasteiger partial charge < -0.3 is 0 Å². The van der Waals surface area contributed by atoms with Crippen molar-refractivity contribution in [2.24, 2.45) is 4.99 Å². The number of nitrogens with zero attached hydrogens (tertiary/aromatic N) is 1. The second-order valence-electron chi connectivity index (χ2n) is 1.35. The average molecular weight is 122 g/mol. The van der Waals surface area contributed by atoms with Gasteiger partial charge in [0.05, 0.1) is 0 Å². The van der Waals surface area contributed by atoms with Crippen LogP contribution >= 0.6 is 7.72 Å². The largest absolute Gasteiger partial charge is 0.307 e. The van der Waals surface area contributed by atoms with Crippen molar-refractivity contribution in [3.63, 3.8) is 0 Å². The predicted molar refractivity (Wildman–Crippen MR) is 31.7 cm³/mol. The van der Waals surface area contributed by atoms with Crippen molar-refractivity contribution in [1.82, 2.24) is 0 Å². The maximum atomic E-state index is 8.54. The molecule has 42 valence electrons. The fourth-order valence-corrected chi connectivity index (χ4v) is 0.656. The first kappa shape index (κ1) is 7.02. The normalized spacial score (nSPS) is 13.1. The third kappa shape index (κ3) is 6.02. The van der Waals surface area contributed by atoms with E-state index in [0.717, 1.165) is 5.96 Å². The molecule has 2 N–H and O–H groups in total. The van der Waals surface area contributed by atoms with Crippen LogP contribution < -0.4 is 0 Å². The lowest BCUT2D eigenvalue weighted by Crippen LogP contribution is -1.85. The van der Waals surface area contributed by atoms with Gasteiger partial charge >= 0.3 is 7.72 Å². The summed E-state index contributed by atoms with van der Waals surface area (Å²) in [5, 5.41) is 0. The Morgan fingerprint density at radius 1 is 1.57 bits per heavy atom. The van der Waals surface area contributed by atoms with Crippen molar-refractivity contribution in [3.8, 4) is 0 Å². The second-order valence-corrected chi connectivity index (χ2v) is 3.54. The standard InChI is InChI=1S/C3H9NO2P/c1-4-3-7(2,5)6/h3,5-6H,1-2H3/q+1. The van der Waals surface area contributed by atoms with Crippen LogP contribution in [-0.4, -0.2) is 29.5 Å². The van der Waals surface area contributed by atoms with E-state index < -0.39 is 7.72 Å². The molecule has 0 aliphatic carbocycles. The van der Waals surface area contributed by atoms with Gasteiger partial charge in [-0.05, 0) is 0 Å². The lowest BCUT2D eigenvalue weighted by atomic mass is 11.4. The molecule has 0 aromatic rings. The van der Waals surface area contributed by atoms with Crippen LogP contribution in [0.15, 0.2) is 4.99 Å². The van der Waals surface area contributed by atoms with E-state index in [1.165, 1.54) is 13.7 Å². The highest BCUT2D eigenvalue weighted by Gasteiger charge is 2.19. The van der Waals surface area contributed by atoms with Gasteiger partial charge in [-0.15, -0.1) is 0 Å². The third-order valence-corrected chi connectivity index (χ3v) is 1.00. The molecule has 0 saturated carbocycles. The summed E-state index contributed by atoms with van der Waals surface area (Å²) >= 11 is 0. The van der Waals surface area contributed by atoms with Gasteiger partial charge in [0.15, 0.2) is 0 Å². The summed E-state index contributed by atoms with van der Waals surface area (Å²) in [6.45, 7) is 1.35. The van der Waals surface area contributed by atoms with Gasteiger partial charge in [-0.25, -0.2) is 9.79 Å². The topological polar surface area (TPSA) is 52.8 Å². The minimum Gasteiger partial charge on any atom is -0.257 e. The van der Waals surface area contributed by atoms with E-state index in [1.54, 1.807) is 0 Å². The van der Waals surface area contributed by atoms with E-state index in [1.807, 2.05) is 0 Å². The van der Waals surface area contributed by atoms with Gasteiger partial charge in [-0.2, -0.15) is 0 Å². The Hall–Kier alpha value is 0.0200. The van der Waals surface area contributed by atoms with Gasteiger partial charge in [-0.3, -0.25) is 4.99 Å². The Labute approximate surface area is 43.2 Å². The van der Waals surface area contributed by atoms with Gasteiger partial charge in [0.2, 0.25) is 5.96 Å². The SMILES string of the molecule is CN=C[P+](C)(O)O. The fourth-order valence-electron chi connectivity index (χ4n) is 0.219. The molecule has 3 nitrogen and oxygen atoms in total. The number of hydrogen-bond donors (Lipinski definition) is 2. The summed E-state index contributed by atoms with van der Waals surface area (Å²) < 4.78 is 0. The molecule has 0 radical (unpaired) electrons. The molecule has 0 spiro atoms. The van der Waals surface area contributed by atoms with Crippen molar-refractivity contribution < 1.29 is 9.79 Å². The molecule has 0 aromatic carbocycles. The number of rotatable bonds is 1. The summed E-state index contributed by atoms with van der Waals surface area (Å²) in [6, 6.07) is 0. The Morgan fingerprint density at radius 3 is 2.00 bits per heavy atom. The maximum absolute atomic E-state index is 8.54. The minimum atomic E-state index is -2.71. The highest BCUT2D eigenvalue weighted by Crippen LogP contribution is 2.40. The van der Waals surface area contributed by atoms with Crippen molar-refractivity contribution in [2.75, 3.05) is 13.7 Å². The third-order valence-electron chi connectivity index (χ3n) is 0.334. The Morgan fingerprint density at radius 2 is 2.00 bits per heavy atom. The molecule has 0 aliphatic heterocycles. The lowest BCUT2D eigenvalue weighted by Gasteiger charge is -1.93. The summed E-state index contributed by atoms with van der Waals surface area (Å²) in [6.07, 6.45) is 0. The first-order valence-electron chi connectivity index (χ1n) is 1.81. The van der Waals surface area contributed by atoms with Crippen LogP contribution in [0.4, 0.5) is 0 Å². The van der Waals surface area contributed by atoms with E-state index in [0.29, 0.717) is 0 Å². The molecule has 0 saturated heterocycles. The van der Waals surface area contributed by atoms with Crippen LogP contribution in [0.1, 0.15) is 0 Å². The second kappa shape index (κ2) is 2.36. The number of aliphatic imine (C=N–C) groups is 1. The molecule has 0 unspecified atom stereocenters. The predicted octanol–water partition coefficient (Wildman–Crippen LogP) is 0.106. The summed E-state index contributed by atoms with van der Waals surface area (Å²) in [5.74, 6) is 1.16. The van der Waals surface area contributed by atoms with Crippen molar-refractivity contribution >= 4 is 13.7 Å². The van der Waals surface area contributed by atoms with E-state index in [-0.39, 0.29) is 0 Å². The van der Waals surface area contributed by atoms with Crippen molar-refractivity contribution in [2.45, 2.75) is 0 Å². The van der Waals surface area contributed by atoms with E-state index in [2.05, 4.69) is 4.99 Å². The molecule has 0 bridgehead atoms. The zero-order valence-electron chi connectivity index (χ0n) is 4.37. The van der Waals surface area contributed by atoms with Crippen LogP contribution in [0, 0.1) is 0 Å². The van der Waals surface area contributed by atoms with E-state index in [4.69, 9.17) is 9.79 Å². The van der Waals surface area contributed by atoms with Crippen LogP contribution in [0.5, 0.6) is 0 Å². The van der Waals surface area contributed by atoms with Crippen molar-refractivity contribution in [1.29, 1.82) is 0 Å². The van der Waals surface area contributed by atoms with Crippen molar-refractivity contribution in [3.05, 3.63) is 0 Å². The molecule has 0 heterocycles. The summed E-state index contributed by atoms with van der Waals surface area (Å²) in [7, 11) is -1.20. The highest BCUT2D eigenvalue weighted by atomic mass is 31.2. The zero-order valence-corrected chi connectivity index (χ0v) is 5.26. The Bertz CT molecular complexity index is 75.5. The van der Waals surface area contributed by atoms with Crippen LogP contribution in [0.3, 0.4) is 0 Å². The maximum Gasteiger partial charge on any atom is 0.307 e. The molecule has 0 aromatic heterocycles. The molecular weight excluding hydrogens is 113 g/mol. The molecule has 0 aliphatic rings. The zero-order chi connectivity index (χ0) is 5.91. The van der Waals surface area contributed by atoms with E-state index in [9.17, 15) is 0 Å². The van der Waals surface area contributed by atoms with E-state index >= 15 is 0 Å². The fraction of sp³-hybridized carbons (Fsp3) is 0.667. The molecule has 0 amide bonds. The minimum absolute atomic E-state index is 1.16. The molecule has 0 atom stereocenters. The number of hydrogen-bond acceptors (Lipinski definition) is 3. The Balaban J connectivity index is 3.56. The quantitative estimate of drug-likeness (QED) is 0.383. The van der Waals surface area contributed by atoms with Gasteiger partial charge in [0.1, 0.15) is 6.66 Å². The smallest absolute Gasteiger partial charge is 0.257 e. The molecule has 0 rings (SSSR count). The molecule has 7 heavy (non-hydrogen) atoms. The molecule has 4 heteroatoms.